The third kappa shape index (κ3) is 5.58. The molecule has 0 aromatic carbocycles. The summed E-state index contributed by atoms with van der Waals surface area (Å²) in [5, 5.41) is 0. The van der Waals surface area contributed by atoms with Crippen molar-refractivity contribution in [3.8, 4) is 0 Å². The van der Waals surface area contributed by atoms with E-state index >= 15 is 0 Å². The summed E-state index contributed by atoms with van der Waals surface area (Å²) < 4.78 is 5.36. The zero-order valence-corrected chi connectivity index (χ0v) is 12.6. The van der Waals surface area contributed by atoms with Gasteiger partial charge in [0.25, 0.3) is 0 Å². The molecule has 1 rings (SSSR count). The minimum Gasteiger partial charge on any atom is -0.460 e. The highest BCUT2D eigenvalue weighted by molar-refractivity contribution is 5.76. The number of esters is 1. The van der Waals surface area contributed by atoms with Crippen LogP contribution >= 0.6 is 0 Å². The van der Waals surface area contributed by atoms with Gasteiger partial charge in [0, 0.05) is 6.42 Å². The van der Waals surface area contributed by atoms with Crippen LogP contribution in [-0.4, -0.2) is 17.4 Å². The van der Waals surface area contributed by atoms with E-state index in [1.807, 2.05) is 20.8 Å². The van der Waals surface area contributed by atoms with Gasteiger partial charge in [-0.15, -0.1) is 0 Å². The van der Waals surface area contributed by atoms with E-state index in [-0.39, 0.29) is 23.6 Å². The van der Waals surface area contributed by atoms with E-state index in [2.05, 4.69) is 6.58 Å². The van der Waals surface area contributed by atoms with Crippen molar-refractivity contribution in [1.82, 2.24) is 0 Å². The highest BCUT2D eigenvalue weighted by Crippen LogP contribution is 2.37. The molecule has 2 unspecified atom stereocenters. The van der Waals surface area contributed by atoms with Gasteiger partial charge in [-0.2, -0.15) is 0 Å². The number of ketones is 1. The van der Waals surface area contributed by atoms with Crippen molar-refractivity contribution in [3.05, 3.63) is 12.2 Å². The monoisotopic (exact) mass is 266 g/mol. The van der Waals surface area contributed by atoms with Crippen molar-refractivity contribution in [2.45, 2.75) is 65.4 Å². The Kier molecular flexibility index (Phi) is 5.33. The van der Waals surface area contributed by atoms with Gasteiger partial charge in [0.05, 0.1) is 6.42 Å². The number of allylic oxidation sites excluding steroid dienone is 1. The number of Topliss-reactive ketones (excluding diaryl/α,β-unsaturated/α-hetero) is 1. The Labute approximate surface area is 116 Å². The molecule has 0 N–H and O–H groups in total. The third-order valence-corrected chi connectivity index (χ3v) is 3.52. The average Bonchev–Trinajstić information content (AvgIpc) is 2.20. The van der Waals surface area contributed by atoms with Gasteiger partial charge in [0.1, 0.15) is 11.4 Å². The van der Waals surface area contributed by atoms with Gasteiger partial charge in [0.15, 0.2) is 0 Å². The van der Waals surface area contributed by atoms with Gasteiger partial charge >= 0.3 is 5.97 Å². The van der Waals surface area contributed by atoms with Crippen LogP contribution in [-0.2, 0) is 14.3 Å². The fourth-order valence-corrected chi connectivity index (χ4v) is 2.71. The van der Waals surface area contributed by atoms with Gasteiger partial charge in [0.2, 0.25) is 0 Å². The Balaban J connectivity index is 2.56. The van der Waals surface area contributed by atoms with Crippen LogP contribution in [0, 0.1) is 11.8 Å². The smallest absolute Gasteiger partial charge is 0.306 e. The minimum absolute atomic E-state index is 0.165. The second kappa shape index (κ2) is 6.36. The van der Waals surface area contributed by atoms with Crippen LogP contribution in [0.25, 0.3) is 0 Å². The average molecular weight is 266 g/mol. The van der Waals surface area contributed by atoms with Crippen molar-refractivity contribution < 1.29 is 14.3 Å². The molecule has 0 aromatic rings. The van der Waals surface area contributed by atoms with Gasteiger partial charge in [-0.25, -0.2) is 0 Å². The lowest BCUT2D eigenvalue weighted by Gasteiger charge is -2.31. The van der Waals surface area contributed by atoms with E-state index in [9.17, 15) is 9.59 Å². The highest BCUT2D eigenvalue weighted by Gasteiger charge is 2.29. The first-order chi connectivity index (χ1) is 8.69. The summed E-state index contributed by atoms with van der Waals surface area (Å²) in [7, 11) is 0. The molecule has 0 saturated heterocycles. The van der Waals surface area contributed by atoms with Crippen molar-refractivity contribution in [1.29, 1.82) is 0 Å². The molecule has 1 fully saturated rings. The number of carbonyl (C=O) groups is 2. The van der Waals surface area contributed by atoms with Crippen LogP contribution in [0.1, 0.15) is 59.8 Å². The fourth-order valence-electron chi connectivity index (χ4n) is 2.71. The zero-order valence-electron chi connectivity index (χ0n) is 12.6. The number of ether oxygens (including phenoxy) is 1. The lowest BCUT2D eigenvalue weighted by atomic mass is 9.74. The van der Waals surface area contributed by atoms with Crippen LogP contribution in [0.15, 0.2) is 12.2 Å². The number of hydrogen-bond acceptors (Lipinski definition) is 3. The molecule has 1 saturated carbocycles. The van der Waals surface area contributed by atoms with Crippen molar-refractivity contribution in [3.63, 3.8) is 0 Å². The van der Waals surface area contributed by atoms with Crippen LogP contribution in [0.3, 0.4) is 0 Å². The van der Waals surface area contributed by atoms with Crippen LogP contribution in [0.2, 0.25) is 0 Å². The molecule has 3 heteroatoms. The maximum absolute atomic E-state index is 11.9. The number of rotatable bonds is 4. The molecular formula is C16H26O3. The zero-order chi connectivity index (χ0) is 14.6. The summed E-state index contributed by atoms with van der Waals surface area (Å²) in [5.74, 6) is 0.456. The molecule has 1 aliphatic rings. The maximum Gasteiger partial charge on any atom is 0.306 e. The second-order valence-corrected chi connectivity index (χ2v) is 6.60. The summed E-state index contributed by atoms with van der Waals surface area (Å²) in [6.07, 6.45) is 4.01. The van der Waals surface area contributed by atoms with Gasteiger partial charge in [-0.05, 0) is 52.4 Å². The molecule has 19 heavy (non-hydrogen) atoms. The summed E-state index contributed by atoms with van der Waals surface area (Å²) in [4.78, 5) is 23.1. The molecule has 0 heterocycles. The van der Waals surface area contributed by atoms with E-state index in [0.29, 0.717) is 12.8 Å². The maximum atomic E-state index is 11.9. The van der Waals surface area contributed by atoms with Gasteiger partial charge < -0.3 is 9.53 Å². The molecule has 0 bridgehead atoms. The number of carbonyl (C=O) groups excluding carboxylic acids is 2. The quantitative estimate of drug-likeness (QED) is 0.576. The lowest BCUT2D eigenvalue weighted by molar-refractivity contribution is -0.155. The van der Waals surface area contributed by atoms with E-state index in [1.165, 1.54) is 0 Å². The Bertz CT molecular complexity index is 363. The molecule has 0 amide bonds. The first-order valence-corrected chi connectivity index (χ1v) is 7.09. The second-order valence-electron chi connectivity index (χ2n) is 6.60. The minimum atomic E-state index is -0.439. The van der Waals surface area contributed by atoms with Crippen LogP contribution < -0.4 is 0 Å². The molecule has 2 atom stereocenters. The molecule has 0 spiro atoms. The largest absolute Gasteiger partial charge is 0.460 e. The van der Waals surface area contributed by atoms with Crippen LogP contribution in [0.4, 0.5) is 0 Å². The summed E-state index contributed by atoms with van der Waals surface area (Å²) >= 11 is 0. The fraction of sp³-hybridized carbons (Fsp3) is 0.750. The SMILES string of the molecule is C=C1C(CC(C)=O)CCCC1CC(=O)OC(C)(C)C. The molecular weight excluding hydrogens is 240 g/mol. The Morgan fingerprint density at radius 3 is 2.21 bits per heavy atom. The lowest BCUT2D eigenvalue weighted by Crippen LogP contribution is -2.28. The molecule has 0 radical (unpaired) electrons. The van der Waals surface area contributed by atoms with Crippen molar-refractivity contribution in [2.24, 2.45) is 11.8 Å². The topological polar surface area (TPSA) is 43.4 Å². The van der Waals surface area contributed by atoms with Crippen LogP contribution in [0.5, 0.6) is 0 Å². The molecule has 0 aromatic heterocycles. The molecule has 1 aliphatic carbocycles. The number of hydrogen-bond donors (Lipinski definition) is 0. The Morgan fingerprint density at radius 2 is 1.74 bits per heavy atom. The normalized spacial score (nSPS) is 24.1. The Morgan fingerprint density at radius 1 is 1.21 bits per heavy atom. The van der Waals surface area contributed by atoms with E-state index in [1.54, 1.807) is 6.92 Å². The summed E-state index contributed by atoms with van der Waals surface area (Å²) in [5.41, 5.74) is 0.624. The predicted octanol–water partition coefficient (Wildman–Crippen LogP) is 3.67. The summed E-state index contributed by atoms with van der Waals surface area (Å²) in [6, 6.07) is 0. The molecule has 3 nitrogen and oxygen atoms in total. The standard InChI is InChI=1S/C16H26O3/c1-11(17)9-13-7-6-8-14(12(13)2)10-15(18)19-16(3,4)5/h13-14H,2,6-10H2,1,3-5H3. The Hall–Kier alpha value is -1.12. The first-order valence-electron chi connectivity index (χ1n) is 7.09. The van der Waals surface area contributed by atoms with E-state index < -0.39 is 5.60 Å². The van der Waals surface area contributed by atoms with E-state index in [0.717, 1.165) is 24.8 Å². The third-order valence-electron chi connectivity index (χ3n) is 3.52. The highest BCUT2D eigenvalue weighted by atomic mass is 16.6. The molecule has 0 aliphatic heterocycles. The van der Waals surface area contributed by atoms with Crippen molar-refractivity contribution >= 4 is 11.8 Å². The molecule has 108 valence electrons. The van der Waals surface area contributed by atoms with E-state index in [4.69, 9.17) is 4.74 Å². The van der Waals surface area contributed by atoms with Gasteiger partial charge in [-0.3, -0.25) is 4.79 Å². The first kappa shape index (κ1) is 15.9. The van der Waals surface area contributed by atoms with Gasteiger partial charge in [-0.1, -0.05) is 18.6 Å². The summed E-state index contributed by atoms with van der Waals surface area (Å²) in [6.45, 7) is 11.4. The predicted molar refractivity (Wildman–Crippen MR) is 75.7 cm³/mol. The van der Waals surface area contributed by atoms with Crippen molar-refractivity contribution in [2.75, 3.05) is 0 Å².